The van der Waals surface area contributed by atoms with E-state index in [4.69, 9.17) is 11.6 Å². The number of halogens is 4. The lowest BCUT2D eigenvalue weighted by Crippen LogP contribution is -2.38. The van der Waals surface area contributed by atoms with Gasteiger partial charge in [-0.2, -0.15) is 13.2 Å². The first-order chi connectivity index (χ1) is 13.7. The average Bonchev–Trinajstić information content (AvgIpc) is 2.68. The van der Waals surface area contributed by atoms with Crippen molar-refractivity contribution in [2.75, 3.05) is 11.9 Å². The van der Waals surface area contributed by atoms with E-state index in [9.17, 15) is 18.0 Å². The van der Waals surface area contributed by atoms with Crippen LogP contribution in [0.2, 0.25) is 5.02 Å². The minimum absolute atomic E-state index is 0.0129. The van der Waals surface area contributed by atoms with Crippen LogP contribution in [-0.2, 0) is 6.18 Å². The van der Waals surface area contributed by atoms with Crippen LogP contribution in [0.4, 0.5) is 19.0 Å². The number of amides is 1. The van der Waals surface area contributed by atoms with E-state index >= 15 is 0 Å². The van der Waals surface area contributed by atoms with E-state index in [1.807, 2.05) is 25.3 Å². The normalized spacial score (nSPS) is 19.6. The Morgan fingerprint density at radius 1 is 1.17 bits per heavy atom. The first-order valence-corrected chi connectivity index (χ1v) is 9.94. The predicted octanol–water partition coefficient (Wildman–Crippen LogP) is 5.46. The first kappa shape index (κ1) is 21.4. The molecular formula is C21H23ClF3N3O. The Kier molecular flexibility index (Phi) is 6.67. The molecule has 1 heterocycles. The lowest BCUT2D eigenvalue weighted by atomic mass is 9.86. The summed E-state index contributed by atoms with van der Waals surface area (Å²) in [7, 11) is 0. The van der Waals surface area contributed by atoms with Gasteiger partial charge in [0.25, 0.3) is 5.91 Å². The monoisotopic (exact) mass is 425 g/mol. The minimum Gasteiger partial charge on any atom is -0.370 e. The maximum Gasteiger partial charge on any atom is 0.416 e. The fraction of sp³-hybridized carbons (Fsp3) is 0.429. The highest BCUT2D eigenvalue weighted by molar-refractivity contribution is 6.33. The van der Waals surface area contributed by atoms with E-state index < -0.39 is 17.6 Å². The average molecular weight is 426 g/mol. The van der Waals surface area contributed by atoms with Gasteiger partial charge in [-0.25, -0.2) is 4.98 Å². The van der Waals surface area contributed by atoms with Crippen molar-refractivity contribution in [1.82, 2.24) is 10.3 Å². The zero-order valence-corrected chi connectivity index (χ0v) is 16.8. The molecule has 1 aromatic heterocycles. The largest absolute Gasteiger partial charge is 0.416 e. The summed E-state index contributed by atoms with van der Waals surface area (Å²) in [5, 5.41) is 6.17. The van der Waals surface area contributed by atoms with E-state index in [1.165, 1.54) is 0 Å². The molecule has 1 aliphatic carbocycles. The molecule has 29 heavy (non-hydrogen) atoms. The molecule has 1 saturated carbocycles. The second-order valence-corrected chi connectivity index (χ2v) is 7.89. The van der Waals surface area contributed by atoms with E-state index in [-0.39, 0.29) is 16.6 Å². The molecule has 0 aliphatic heterocycles. The molecule has 156 valence electrons. The zero-order valence-electron chi connectivity index (χ0n) is 16.0. The fourth-order valence-electron chi connectivity index (χ4n) is 3.47. The fourth-order valence-corrected chi connectivity index (χ4v) is 3.67. The molecule has 0 spiro atoms. The van der Waals surface area contributed by atoms with Gasteiger partial charge in [0.1, 0.15) is 5.82 Å². The molecule has 3 rings (SSSR count). The SMILES string of the molecule is Cc1ccc(NC[C@H]2CC[C@H](NC(=O)c3cc(C(F)(F)F)ccc3Cl)CC2)nc1. The van der Waals surface area contributed by atoms with Crippen LogP contribution in [0.5, 0.6) is 0 Å². The lowest BCUT2D eigenvalue weighted by molar-refractivity contribution is -0.137. The van der Waals surface area contributed by atoms with Crippen molar-refractivity contribution in [2.45, 2.75) is 44.8 Å². The highest BCUT2D eigenvalue weighted by Gasteiger charge is 2.32. The summed E-state index contributed by atoms with van der Waals surface area (Å²) in [6.45, 7) is 2.79. The number of anilines is 1. The van der Waals surface area contributed by atoms with Crippen molar-refractivity contribution < 1.29 is 18.0 Å². The third kappa shape index (κ3) is 5.85. The lowest BCUT2D eigenvalue weighted by Gasteiger charge is -2.29. The van der Waals surface area contributed by atoms with Gasteiger partial charge in [0.2, 0.25) is 0 Å². The third-order valence-corrected chi connectivity index (χ3v) is 5.53. The Balaban J connectivity index is 1.50. The van der Waals surface area contributed by atoms with Crippen molar-refractivity contribution in [2.24, 2.45) is 5.92 Å². The number of pyridine rings is 1. The zero-order chi connectivity index (χ0) is 21.0. The van der Waals surface area contributed by atoms with Crippen molar-refractivity contribution in [3.8, 4) is 0 Å². The van der Waals surface area contributed by atoms with Crippen LogP contribution in [0, 0.1) is 12.8 Å². The van der Waals surface area contributed by atoms with E-state index in [2.05, 4.69) is 15.6 Å². The second-order valence-electron chi connectivity index (χ2n) is 7.49. The van der Waals surface area contributed by atoms with Gasteiger partial charge in [-0.1, -0.05) is 17.7 Å². The van der Waals surface area contributed by atoms with Gasteiger partial charge in [-0.3, -0.25) is 4.79 Å². The van der Waals surface area contributed by atoms with Crippen molar-refractivity contribution in [3.63, 3.8) is 0 Å². The molecule has 1 amide bonds. The van der Waals surface area contributed by atoms with Crippen molar-refractivity contribution in [3.05, 3.63) is 58.2 Å². The molecule has 2 N–H and O–H groups in total. The maximum absolute atomic E-state index is 12.9. The molecule has 2 aromatic rings. The van der Waals surface area contributed by atoms with Crippen molar-refractivity contribution >= 4 is 23.3 Å². The number of nitrogens with one attached hydrogen (secondary N) is 2. The van der Waals surface area contributed by atoms with Gasteiger partial charge < -0.3 is 10.6 Å². The molecule has 1 aromatic carbocycles. The second kappa shape index (κ2) is 9.03. The number of hydrogen-bond acceptors (Lipinski definition) is 3. The van der Waals surface area contributed by atoms with E-state index in [0.717, 1.165) is 61.8 Å². The van der Waals surface area contributed by atoms with Crippen molar-refractivity contribution in [1.29, 1.82) is 0 Å². The van der Waals surface area contributed by atoms with Crippen LogP contribution in [0.3, 0.4) is 0 Å². The number of alkyl halides is 3. The summed E-state index contributed by atoms with van der Waals surface area (Å²) in [6.07, 6.45) is 0.677. The summed E-state index contributed by atoms with van der Waals surface area (Å²) in [5.74, 6) is 0.736. The van der Waals surface area contributed by atoms with Gasteiger partial charge in [-0.15, -0.1) is 0 Å². The maximum atomic E-state index is 12.9. The molecule has 0 unspecified atom stereocenters. The third-order valence-electron chi connectivity index (χ3n) is 5.20. The van der Waals surface area contributed by atoms with Gasteiger partial charge in [0.05, 0.1) is 16.1 Å². The predicted molar refractivity (Wildman–Crippen MR) is 107 cm³/mol. The summed E-state index contributed by atoms with van der Waals surface area (Å²) < 4.78 is 38.7. The molecule has 4 nitrogen and oxygen atoms in total. The van der Waals surface area contributed by atoms with Crippen LogP contribution in [-0.4, -0.2) is 23.5 Å². The molecule has 1 fully saturated rings. The Morgan fingerprint density at radius 2 is 1.90 bits per heavy atom. The summed E-state index contributed by atoms with van der Waals surface area (Å²) in [4.78, 5) is 16.8. The number of rotatable bonds is 5. The van der Waals surface area contributed by atoms with Crippen LogP contribution < -0.4 is 10.6 Å². The van der Waals surface area contributed by atoms with Gasteiger partial charge in [0, 0.05) is 18.8 Å². The van der Waals surface area contributed by atoms with Gasteiger partial charge >= 0.3 is 6.18 Å². The molecular weight excluding hydrogens is 403 g/mol. The number of carbonyl (C=O) groups is 1. The number of aromatic nitrogens is 1. The summed E-state index contributed by atoms with van der Waals surface area (Å²) >= 11 is 5.95. The topological polar surface area (TPSA) is 54.0 Å². The van der Waals surface area contributed by atoms with Crippen LogP contribution in [0.15, 0.2) is 36.5 Å². The van der Waals surface area contributed by atoms with Gasteiger partial charge in [0.15, 0.2) is 0 Å². The summed E-state index contributed by atoms with van der Waals surface area (Å²) in [5.41, 5.74) is 0.0787. The Morgan fingerprint density at radius 3 is 2.52 bits per heavy atom. The molecule has 8 heteroatoms. The minimum atomic E-state index is -4.52. The molecule has 1 aliphatic rings. The van der Waals surface area contributed by atoms with Crippen LogP contribution in [0.1, 0.15) is 47.2 Å². The van der Waals surface area contributed by atoms with E-state index in [1.54, 1.807) is 0 Å². The first-order valence-electron chi connectivity index (χ1n) is 9.56. The Hall–Kier alpha value is -2.28. The van der Waals surface area contributed by atoms with Crippen LogP contribution >= 0.6 is 11.6 Å². The highest BCUT2D eigenvalue weighted by Crippen LogP contribution is 2.32. The number of aryl methyl sites for hydroxylation is 1. The van der Waals surface area contributed by atoms with Gasteiger partial charge in [-0.05, 0) is 68.4 Å². The molecule has 0 saturated heterocycles. The van der Waals surface area contributed by atoms with E-state index in [0.29, 0.717) is 5.92 Å². The number of benzene rings is 1. The molecule has 0 radical (unpaired) electrons. The number of hydrogen-bond donors (Lipinski definition) is 2. The Bertz CT molecular complexity index is 847. The summed E-state index contributed by atoms with van der Waals surface area (Å²) in [6, 6.07) is 6.67. The Labute approximate surface area is 172 Å². The quantitative estimate of drug-likeness (QED) is 0.668. The highest BCUT2D eigenvalue weighted by atomic mass is 35.5. The molecule has 0 atom stereocenters. The standard InChI is InChI=1S/C21H23ClF3N3O/c1-13-2-9-19(26-11-13)27-12-14-3-6-16(7-4-14)28-20(29)17-10-15(21(23,24)25)5-8-18(17)22/h2,5,8-11,14,16H,3-4,6-7,12H2,1H3,(H,26,27)(H,28,29)/t14-,16-. The number of nitrogens with zero attached hydrogens (tertiary/aromatic N) is 1. The number of carbonyl (C=O) groups excluding carboxylic acids is 1. The molecule has 0 bridgehead atoms. The van der Waals surface area contributed by atoms with Crippen LogP contribution in [0.25, 0.3) is 0 Å². The smallest absolute Gasteiger partial charge is 0.370 e.